The summed E-state index contributed by atoms with van der Waals surface area (Å²) in [6.07, 6.45) is 2.95. The zero-order chi connectivity index (χ0) is 18.1. The summed E-state index contributed by atoms with van der Waals surface area (Å²) in [5.41, 5.74) is 16.9. The second-order valence-corrected chi connectivity index (χ2v) is 6.49. The number of piperidine rings is 2. The third-order valence-corrected chi connectivity index (χ3v) is 4.96. The Bertz CT molecular complexity index is 686. The van der Waals surface area contributed by atoms with Gasteiger partial charge in [0, 0.05) is 19.6 Å². The lowest BCUT2D eigenvalue weighted by atomic mass is 9.87. The van der Waals surface area contributed by atoms with Gasteiger partial charge in [-0.3, -0.25) is 9.59 Å². The molecule has 0 saturated carbocycles. The standard InChI is InChI=1S/C15H22FN7O2/c16-11-12(18)20-7-21-14(11)22-5-3-8(13(19)24)10(6-22)23-4-1-2-9(17)15(23)25/h7-10H,1-6,17H2,(H2,19,24)(H2,18,20,21). The molecule has 25 heavy (non-hydrogen) atoms. The Morgan fingerprint density at radius 2 is 2.04 bits per heavy atom. The largest absolute Gasteiger partial charge is 0.381 e. The van der Waals surface area contributed by atoms with E-state index in [1.165, 1.54) is 6.33 Å². The van der Waals surface area contributed by atoms with E-state index in [4.69, 9.17) is 17.2 Å². The number of halogens is 1. The minimum atomic E-state index is -0.708. The summed E-state index contributed by atoms with van der Waals surface area (Å²) in [5.74, 6) is -2.07. The van der Waals surface area contributed by atoms with E-state index in [2.05, 4.69) is 9.97 Å². The van der Waals surface area contributed by atoms with Crippen LogP contribution in [-0.4, -0.2) is 58.4 Å². The first-order valence-electron chi connectivity index (χ1n) is 8.26. The van der Waals surface area contributed by atoms with Gasteiger partial charge < -0.3 is 27.0 Å². The fourth-order valence-electron chi connectivity index (χ4n) is 3.62. The normalized spacial score (nSPS) is 27.4. The van der Waals surface area contributed by atoms with Crippen LogP contribution in [0.3, 0.4) is 0 Å². The number of carbonyl (C=O) groups excluding carboxylic acids is 2. The van der Waals surface area contributed by atoms with Crippen molar-refractivity contribution in [1.29, 1.82) is 0 Å². The lowest BCUT2D eigenvalue weighted by Crippen LogP contribution is -2.62. The third kappa shape index (κ3) is 3.21. The molecular weight excluding hydrogens is 329 g/mol. The van der Waals surface area contributed by atoms with Gasteiger partial charge in [-0.25, -0.2) is 9.97 Å². The van der Waals surface area contributed by atoms with E-state index in [0.717, 1.165) is 6.42 Å². The van der Waals surface area contributed by atoms with Gasteiger partial charge in [0.2, 0.25) is 17.6 Å². The molecule has 3 atom stereocenters. The molecule has 2 fully saturated rings. The van der Waals surface area contributed by atoms with Crippen molar-refractivity contribution in [2.24, 2.45) is 17.4 Å². The second-order valence-electron chi connectivity index (χ2n) is 6.49. The number of nitrogens with zero attached hydrogens (tertiary/aromatic N) is 4. The SMILES string of the molecule is NC(=O)C1CCN(c2ncnc(N)c2F)CC1N1CCCC(N)C1=O. The summed E-state index contributed by atoms with van der Waals surface area (Å²) >= 11 is 0. The van der Waals surface area contributed by atoms with E-state index in [1.54, 1.807) is 9.80 Å². The number of primary amides is 1. The molecule has 3 rings (SSSR count). The zero-order valence-corrected chi connectivity index (χ0v) is 13.8. The highest BCUT2D eigenvalue weighted by Crippen LogP contribution is 2.29. The van der Waals surface area contributed by atoms with E-state index < -0.39 is 29.7 Å². The molecule has 10 heteroatoms. The molecule has 6 N–H and O–H groups in total. The van der Waals surface area contributed by atoms with Gasteiger partial charge in [-0.1, -0.05) is 0 Å². The van der Waals surface area contributed by atoms with E-state index in [9.17, 15) is 14.0 Å². The lowest BCUT2D eigenvalue weighted by Gasteiger charge is -2.45. The topological polar surface area (TPSA) is 144 Å². The maximum Gasteiger partial charge on any atom is 0.239 e. The Hall–Kier alpha value is -2.49. The summed E-state index contributed by atoms with van der Waals surface area (Å²) in [7, 11) is 0. The lowest BCUT2D eigenvalue weighted by molar-refractivity contribution is -0.140. The predicted molar refractivity (Wildman–Crippen MR) is 88.6 cm³/mol. The van der Waals surface area contributed by atoms with Crippen molar-refractivity contribution in [3.8, 4) is 0 Å². The number of nitrogens with two attached hydrogens (primary N) is 3. The van der Waals surface area contributed by atoms with Crippen LogP contribution in [-0.2, 0) is 9.59 Å². The molecule has 9 nitrogen and oxygen atoms in total. The number of hydrogen-bond donors (Lipinski definition) is 3. The van der Waals surface area contributed by atoms with Crippen molar-refractivity contribution in [3.63, 3.8) is 0 Å². The maximum atomic E-state index is 14.3. The molecule has 2 aliphatic rings. The van der Waals surface area contributed by atoms with E-state index in [0.29, 0.717) is 25.9 Å². The average Bonchev–Trinajstić information content (AvgIpc) is 2.59. The Morgan fingerprint density at radius 1 is 1.28 bits per heavy atom. The van der Waals surface area contributed by atoms with E-state index in [-0.39, 0.29) is 24.1 Å². The number of hydrogen-bond acceptors (Lipinski definition) is 7. The number of amides is 2. The van der Waals surface area contributed by atoms with Gasteiger partial charge in [0.1, 0.15) is 6.33 Å². The molecule has 3 heterocycles. The molecule has 2 amide bonds. The predicted octanol–water partition coefficient (Wildman–Crippen LogP) is -1.17. The average molecular weight is 351 g/mol. The van der Waals surface area contributed by atoms with Gasteiger partial charge in [-0.15, -0.1) is 0 Å². The maximum absolute atomic E-state index is 14.3. The smallest absolute Gasteiger partial charge is 0.239 e. The van der Waals surface area contributed by atoms with Gasteiger partial charge in [0.05, 0.1) is 18.0 Å². The molecule has 136 valence electrons. The second kappa shape index (κ2) is 6.79. The summed E-state index contributed by atoms with van der Waals surface area (Å²) in [5, 5.41) is 0. The molecule has 3 unspecified atom stereocenters. The van der Waals surface area contributed by atoms with E-state index >= 15 is 0 Å². The monoisotopic (exact) mass is 351 g/mol. The number of aromatic nitrogens is 2. The summed E-state index contributed by atoms with van der Waals surface area (Å²) in [4.78, 5) is 35.2. The van der Waals surface area contributed by atoms with Crippen molar-refractivity contribution in [2.75, 3.05) is 30.3 Å². The van der Waals surface area contributed by atoms with Crippen LogP contribution in [0.5, 0.6) is 0 Å². The number of carbonyl (C=O) groups is 2. The van der Waals surface area contributed by atoms with Crippen LogP contribution in [0.1, 0.15) is 19.3 Å². The fourth-order valence-corrected chi connectivity index (χ4v) is 3.62. The van der Waals surface area contributed by atoms with Crippen molar-refractivity contribution >= 4 is 23.5 Å². The number of likely N-dealkylation sites (tertiary alicyclic amines) is 1. The molecule has 0 aromatic carbocycles. The molecule has 2 aliphatic heterocycles. The van der Waals surface area contributed by atoms with Crippen LogP contribution >= 0.6 is 0 Å². The molecule has 0 spiro atoms. The van der Waals surface area contributed by atoms with Crippen molar-refractivity contribution in [3.05, 3.63) is 12.1 Å². The van der Waals surface area contributed by atoms with Crippen LogP contribution in [0.15, 0.2) is 6.33 Å². The van der Waals surface area contributed by atoms with Crippen molar-refractivity contribution < 1.29 is 14.0 Å². The van der Waals surface area contributed by atoms with Gasteiger partial charge >= 0.3 is 0 Å². The summed E-state index contributed by atoms with van der Waals surface area (Å²) < 4.78 is 14.3. The molecule has 1 aromatic heterocycles. The number of anilines is 2. The Labute approximate surface area is 144 Å². The first-order valence-corrected chi connectivity index (χ1v) is 8.26. The first-order chi connectivity index (χ1) is 11.9. The minimum absolute atomic E-state index is 0.0641. The quantitative estimate of drug-likeness (QED) is 0.622. The molecule has 0 radical (unpaired) electrons. The van der Waals surface area contributed by atoms with Crippen LogP contribution in [0.2, 0.25) is 0 Å². The highest BCUT2D eigenvalue weighted by Gasteiger charge is 2.41. The molecule has 1 aromatic rings. The highest BCUT2D eigenvalue weighted by atomic mass is 19.1. The molecular formula is C15H22FN7O2. The van der Waals surface area contributed by atoms with Crippen molar-refractivity contribution in [1.82, 2.24) is 14.9 Å². The number of nitrogen functional groups attached to an aromatic ring is 1. The Kier molecular flexibility index (Phi) is 4.71. The molecule has 0 bridgehead atoms. The summed E-state index contributed by atoms with van der Waals surface area (Å²) in [6.45, 7) is 1.12. The van der Waals surface area contributed by atoms with Crippen LogP contribution < -0.4 is 22.1 Å². The zero-order valence-electron chi connectivity index (χ0n) is 13.8. The van der Waals surface area contributed by atoms with E-state index in [1.807, 2.05) is 0 Å². The first kappa shape index (κ1) is 17.3. The van der Waals surface area contributed by atoms with Crippen LogP contribution in [0.25, 0.3) is 0 Å². The van der Waals surface area contributed by atoms with Gasteiger partial charge in [0.15, 0.2) is 11.6 Å². The minimum Gasteiger partial charge on any atom is -0.381 e. The van der Waals surface area contributed by atoms with Crippen LogP contribution in [0, 0.1) is 11.7 Å². The fraction of sp³-hybridized carbons (Fsp3) is 0.600. The third-order valence-electron chi connectivity index (χ3n) is 4.96. The van der Waals surface area contributed by atoms with Crippen LogP contribution in [0.4, 0.5) is 16.0 Å². The number of rotatable bonds is 3. The highest BCUT2D eigenvalue weighted by molar-refractivity contribution is 5.84. The Morgan fingerprint density at radius 3 is 2.76 bits per heavy atom. The molecule has 0 aliphatic carbocycles. The summed E-state index contributed by atoms with van der Waals surface area (Å²) in [6, 6.07) is -1.05. The Balaban J connectivity index is 1.88. The van der Waals surface area contributed by atoms with Gasteiger partial charge in [-0.2, -0.15) is 4.39 Å². The van der Waals surface area contributed by atoms with Crippen molar-refractivity contribution in [2.45, 2.75) is 31.3 Å². The molecule has 2 saturated heterocycles. The van der Waals surface area contributed by atoms with Gasteiger partial charge in [0.25, 0.3) is 0 Å². The van der Waals surface area contributed by atoms with Gasteiger partial charge in [-0.05, 0) is 19.3 Å².